The average molecular weight is 247 g/mol. The summed E-state index contributed by atoms with van der Waals surface area (Å²) in [5, 5.41) is 4.68. The summed E-state index contributed by atoms with van der Waals surface area (Å²) in [5.41, 5.74) is 3.11. The Balaban J connectivity index is 1.70. The van der Waals surface area contributed by atoms with Gasteiger partial charge in [-0.25, -0.2) is 0 Å². The molecule has 1 saturated heterocycles. The third-order valence-electron chi connectivity index (χ3n) is 4.15. The number of hydrogen-bond acceptors (Lipinski definition) is 2. The van der Waals surface area contributed by atoms with Crippen molar-refractivity contribution in [1.82, 2.24) is 5.32 Å². The van der Waals surface area contributed by atoms with E-state index in [1.165, 1.54) is 31.4 Å². The van der Waals surface area contributed by atoms with Gasteiger partial charge < -0.3 is 5.32 Å². The minimum absolute atomic E-state index is 0.609. The first-order valence-electron chi connectivity index (χ1n) is 6.80. The van der Waals surface area contributed by atoms with Gasteiger partial charge in [0.2, 0.25) is 0 Å². The van der Waals surface area contributed by atoms with Crippen LogP contribution in [-0.4, -0.2) is 17.0 Å². The molecule has 1 N–H and O–H groups in total. The maximum atomic E-state index is 3.90. The van der Waals surface area contributed by atoms with Gasteiger partial charge >= 0.3 is 0 Å². The highest BCUT2D eigenvalue weighted by atomic mass is 32.2. The zero-order valence-electron chi connectivity index (χ0n) is 10.5. The fourth-order valence-electron chi connectivity index (χ4n) is 3.13. The molecule has 0 saturated carbocycles. The third kappa shape index (κ3) is 2.38. The van der Waals surface area contributed by atoms with Gasteiger partial charge in [-0.05, 0) is 42.6 Å². The lowest BCUT2D eigenvalue weighted by Crippen LogP contribution is -2.40. The van der Waals surface area contributed by atoms with Crippen LogP contribution in [0.15, 0.2) is 24.3 Å². The van der Waals surface area contributed by atoms with Crippen LogP contribution in [0.2, 0.25) is 0 Å². The van der Waals surface area contributed by atoms with E-state index in [1.807, 2.05) is 0 Å². The van der Waals surface area contributed by atoms with E-state index >= 15 is 0 Å². The Bertz CT molecular complexity index is 390. The topological polar surface area (TPSA) is 12.0 Å². The number of rotatable bonds is 2. The molecule has 0 spiro atoms. The summed E-state index contributed by atoms with van der Waals surface area (Å²) in [6.07, 6.45) is 5.27. The molecule has 1 heterocycles. The monoisotopic (exact) mass is 247 g/mol. The highest BCUT2D eigenvalue weighted by Gasteiger charge is 2.28. The number of fused-ring (bicyclic) bond motifs is 1. The SMILES string of the molecule is CC1SCCCC1NC1CCc2ccccc21. The van der Waals surface area contributed by atoms with Gasteiger partial charge in [-0.3, -0.25) is 0 Å². The fraction of sp³-hybridized carbons (Fsp3) is 0.600. The van der Waals surface area contributed by atoms with E-state index in [0.717, 1.165) is 5.25 Å². The molecule has 1 aliphatic heterocycles. The van der Waals surface area contributed by atoms with E-state index in [1.54, 1.807) is 11.1 Å². The molecule has 0 aromatic heterocycles. The molecule has 1 nitrogen and oxygen atoms in total. The highest BCUT2D eigenvalue weighted by Crippen LogP contribution is 2.33. The zero-order chi connectivity index (χ0) is 11.7. The second-order valence-electron chi connectivity index (χ2n) is 5.28. The lowest BCUT2D eigenvalue weighted by molar-refractivity contribution is 0.400. The molecule has 2 aliphatic rings. The Morgan fingerprint density at radius 3 is 3.00 bits per heavy atom. The molecule has 1 aliphatic carbocycles. The standard InChI is InChI=1S/C15H21NS/c1-11-14(7-4-10-17-11)16-15-9-8-12-5-2-3-6-13(12)15/h2-3,5-6,11,14-16H,4,7-10H2,1H3. The summed E-state index contributed by atoms with van der Waals surface area (Å²) in [6.45, 7) is 2.38. The molecule has 0 radical (unpaired) electrons. The summed E-state index contributed by atoms with van der Waals surface area (Å²) in [6, 6.07) is 10.3. The Kier molecular flexibility index (Phi) is 3.44. The molecule has 0 bridgehead atoms. The lowest BCUT2D eigenvalue weighted by atomic mass is 10.0. The van der Waals surface area contributed by atoms with Crippen molar-refractivity contribution in [2.45, 2.75) is 49.9 Å². The summed E-state index contributed by atoms with van der Waals surface area (Å²) in [5.74, 6) is 1.35. The quantitative estimate of drug-likeness (QED) is 0.858. The van der Waals surface area contributed by atoms with Gasteiger partial charge in [-0.15, -0.1) is 0 Å². The molecule has 1 aromatic carbocycles. The third-order valence-corrected chi connectivity index (χ3v) is 5.53. The Morgan fingerprint density at radius 2 is 2.12 bits per heavy atom. The number of hydrogen-bond donors (Lipinski definition) is 1. The van der Waals surface area contributed by atoms with Gasteiger partial charge in [0.25, 0.3) is 0 Å². The lowest BCUT2D eigenvalue weighted by Gasteiger charge is -2.32. The van der Waals surface area contributed by atoms with Crippen LogP contribution in [0.3, 0.4) is 0 Å². The average Bonchev–Trinajstić information content (AvgIpc) is 2.76. The first-order valence-corrected chi connectivity index (χ1v) is 7.85. The molecule has 3 unspecified atom stereocenters. The van der Waals surface area contributed by atoms with E-state index in [-0.39, 0.29) is 0 Å². The maximum absolute atomic E-state index is 3.90. The molecule has 1 fully saturated rings. The van der Waals surface area contributed by atoms with E-state index in [2.05, 4.69) is 48.3 Å². The Morgan fingerprint density at radius 1 is 1.24 bits per heavy atom. The maximum Gasteiger partial charge on any atom is 0.0329 e. The van der Waals surface area contributed by atoms with Gasteiger partial charge in [0.1, 0.15) is 0 Å². The van der Waals surface area contributed by atoms with Crippen LogP contribution in [0.4, 0.5) is 0 Å². The first kappa shape index (κ1) is 11.6. The molecular weight excluding hydrogens is 226 g/mol. The van der Waals surface area contributed by atoms with Crippen LogP contribution in [0.1, 0.15) is 43.4 Å². The number of thioether (sulfide) groups is 1. The van der Waals surface area contributed by atoms with Crippen molar-refractivity contribution < 1.29 is 0 Å². The van der Waals surface area contributed by atoms with Crippen molar-refractivity contribution in [2.75, 3.05) is 5.75 Å². The van der Waals surface area contributed by atoms with Gasteiger partial charge in [0.05, 0.1) is 0 Å². The van der Waals surface area contributed by atoms with Crippen LogP contribution < -0.4 is 5.32 Å². The normalized spacial score (nSPS) is 32.4. The molecule has 0 amide bonds. The van der Waals surface area contributed by atoms with Crippen LogP contribution in [-0.2, 0) is 6.42 Å². The summed E-state index contributed by atoms with van der Waals surface area (Å²) >= 11 is 2.13. The molecule has 1 aromatic rings. The van der Waals surface area contributed by atoms with E-state index in [9.17, 15) is 0 Å². The van der Waals surface area contributed by atoms with Crippen LogP contribution in [0.25, 0.3) is 0 Å². The van der Waals surface area contributed by atoms with Gasteiger partial charge in [0.15, 0.2) is 0 Å². The van der Waals surface area contributed by atoms with Gasteiger partial charge in [-0.1, -0.05) is 31.2 Å². The largest absolute Gasteiger partial charge is 0.306 e. The highest BCUT2D eigenvalue weighted by molar-refractivity contribution is 7.99. The molecule has 3 rings (SSSR count). The van der Waals surface area contributed by atoms with Crippen molar-refractivity contribution in [2.24, 2.45) is 0 Å². The van der Waals surface area contributed by atoms with Crippen LogP contribution in [0, 0.1) is 0 Å². The van der Waals surface area contributed by atoms with E-state index < -0.39 is 0 Å². The second-order valence-corrected chi connectivity index (χ2v) is 6.77. The Labute approximate surface area is 108 Å². The Hall–Kier alpha value is -0.470. The van der Waals surface area contributed by atoms with E-state index in [0.29, 0.717) is 12.1 Å². The molecule has 17 heavy (non-hydrogen) atoms. The van der Waals surface area contributed by atoms with Crippen molar-refractivity contribution in [3.8, 4) is 0 Å². The van der Waals surface area contributed by atoms with Crippen molar-refractivity contribution in [3.05, 3.63) is 35.4 Å². The first-order chi connectivity index (χ1) is 8.34. The van der Waals surface area contributed by atoms with E-state index in [4.69, 9.17) is 0 Å². The van der Waals surface area contributed by atoms with Crippen LogP contribution >= 0.6 is 11.8 Å². The zero-order valence-corrected chi connectivity index (χ0v) is 11.3. The number of benzene rings is 1. The predicted octanol–water partition coefficient (Wildman–Crippen LogP) is 3.55. The molecule has 92 valence electrons. The number of aryl methyl sites for hydroxylation is 1. The minimum atomic E-state index is 0.609. The summed E-state index contributed by atoms with van der Waals surface area (Å²) in [4.78, 5) is 0. The van der Waals surface area contributed by atoms with Crippen molar-refractivity contribution >= 4 is 11.8 Å². The smallest absolute Gasteiger partial charge is 0.0329 e. The van der Waals surface area contributed by atoms with Gasteiger partial charge in [-0.2, -0.15) is 11.8 Å². The predicted molar refractivity (Wildman–Crippen MR) is 75.6 cm³/mol. The minimum Gasteiger partial charge on any atom is -0.306 e. The van der Waals surface area contributed by atoms with Crippen molar-refractivity contribution in [3.63, 3.8) is 0 Å². The van der Waals surface area contributed by atoms with Crippen LogP contribution in [0.5, 0.6) is 0 Å². The van der Waals surface area contributed by atoms with Crippen molar-refractivity contribution in [1.29, 1.82) is 0 Å². The fourth-order valence-corrected chi connectivity index (χ4v) is 4.28. The molecular formula is C15H21NS. The molecule has 3 atom stereocenters. The second kappa shape index (κ2) is 5.03. The summed E-state index contributed by atoms with van der Waals surface area (Å²) in [7, 11) is 0. The number of nitrogens with one attached hydrogen (secondary N) is 1. The summed E-state index contributed by atoms with van der Waals surface area (Å²) < 4.78 is 0. The molecule has 2 heteroatoms. The van der Waals surface area contributed by atoms with Gasteiger partial charge in [0, 0.05) is 17.3 Å².